The van der Waals surface area contributed by atoms with Crippen molar-refractivity contribution in [3.05, 3.63) is 32.6 Å². The van der Waals surface area contributed by atoms with Crippen molar-refractivity contribution >= 4 is 8.53 Å². The first-order valence-corrected chi connectivity index (χ1v) is 13.0. The highest BCUT2D eigenvalue weighted by Crippen LogP contribution is 2.66. The van der Waals surface area contributed by atoms with Gasteiger partial charge in [-0.1, -0.05) is 6.92 Å². The fraction of sp³-hybridized carbons (Fsp3) is 0.783. The van der Waals surface area contributed by atoms with Gasteiger partial charge in [0, 0.05) is 29.3 Å². The Morgan fingerprint density at radius 1 is 1.32 bits per heavy atom. The van der Waals surface area contributed by atoms with Crippen LogP contribution in [0, 0.1) is 23.7 Å². The van der Waals surface area contributed by atoms with Gasteiger partial charge in [0.25, 0.3) is 14.1 Å². The number of hydrogen-bond donors (Lipinski definition) is 1. The third kappa shape index (κ3) is 4.27. The van der Waals surface area contributed by atoms with Crippen LogP contribution >= 0.6 is 8.53 Å². The molecular weight excluding hydrogens is 459 g/mol. The smallest absolute Gasteiger partial charge is 0.330 e. The summed E-state index contributed by atoms with van der Waals surface area (Å²) in [5.41, 5.74) is -1.41. The van der Waals surface area contributed by atoms with Crippen LogP contribution < -0.4 is 11.2 Å². The lowest BCUT2D eigenvalue weighted by molar-refractivity contribution is -0.198. The van der Waals surface area contributed by atoms with Gasteiger partial charge in [-0.05, 0) is 47.5 Å². The highest BCUT2D eigenvalue weighted by atomic mass is 31.2. The molecule has 5 atom stereocenters. The Morgan fingerprint density at radius 2 is 2.00 bits per heavy atom. The predicted octanol–water partition coefficient (Wildman–Crippen LogP) is 2.97. The summed E-state index contributed by atoms with van der Waals surface area (Å²) in [4.78, 5) is 27.0. The van der Waals surface area contributed by atoms with Gasteiger partial charge < -0.3 is 18.5 Å². The van der Waals surface area contributed by atoms with Gasteiger partial charge >= 0.3 is 5.69 Å². The van der Waals surface area contributed by atoms with Gasteiger partial charge in [0.1, 0.15) is 17.8 Å². The number of aryl methyl sites for hydroxylation is 1. The fourth-order valence-electron chi connectivity index (χ4n) is 5.07. The summed E-state index contributed by atoms with van der Waals surface area (Å²) in [7, 11) is -1.52. The topological polar surface area (TPSA) is 119 Å². The number of nitrogens with one attached hydrogen (secondary N) is 1. The first-order chi connectivity index (χ1) is 16.0. The van der Waals surface area contributed by atoms with Crippen LogP contribution in [-0.4, -0.2) is 57.3 Å². The number of nitriles is 1. The number of nitrogens with zero attached hydrogens (tertiary/aromatic N) is 3. The van der Waals surface area contributed by atoms with E-state index in [1.165, 1.54) is 10.8 Å². The van der Waals surface area contributed by atoms with E-state index >= 15 is 0 Å². The van der Waals surface area contributed by atoms with Crippen LogP contribution in [0.1, 0.15) is 65.7 Å². The highest BCUT2D eigenvalue weighted by Gasteiger charge is 2.73. The third-order valence-corrected chi connectivity index (χ3v) is 9.28. The van der Waals surface area contributed by atoms with Gasteiger partial charge in [-0.3, -0.25) is 14.3 Å². The molecule has 0 spiro atoms. The molecular formula is C23H35N4O6P. The monoisotopic (exact) mass is 494 g/mol. The molecule has 0 amide bonds. The van der Waals surface area contributed by atoms with E-state index in [0.29, 0.717) is 12.2 Å². The molecule has 1 N–H and O–H groups in total. The first kappa shape index (κ1) is 25.5. The van der Waals surface area contributed by atoms with Crippen LogP contribution in [0.15, 0.2) is 15.8 Å². The summed E-state index contributed by atoms with van der Waals surface area (Å²) in [5, 5.41) is 9.02. The van der Waals surface area contributed by atoms with Gasteiger partial charge in [0.15, 0.2) is 6.23 Å². The van der Waals surface area contributed by atoms with Crippen molar-refractivity contribution in [2.75, 3.05) is 13.2 Å². The lowest BCUT2D eigenvalue weighted by atomic mass is 9.83. The van der Waals surface area contributed by atoms with E-state index in [9.17, 15) is 9.59 Å². The summed E-state index contributed by atoms with van der Waals surface area (Å²) >= 11 is 0. The van der Waals surface area contributed by atoms with Crippen molar-refractivity contribution in [2.45, 2.75) is 96.9 Å². The van der Waals surface area contributed by atoms with Crippen LogP contribution in [0.5, 0.6) is 0 Å². The summed E-state index contributed by atoms with van der Waals surface area (Å²) in [6, 6.07) is 2.43. The van der Waals surface area contributed by atoms with Gasteiger partial charge in [-0.15, -0.1) is 0 Å². The zero-order valence-electron chi connectivity index (χ0n) is 20.7. The number of aromatic amines is 1. The van der Waals surface area contributed by atoms with E-state index in [1.54, 1.807) is 6.92 Å². The molecule has 1 aliphatic carbocycles. The Morgan fingerprint density at radius 3 is 2.59 bits per heavy atom. The van der Waals surface area contributed by atoms with Crippen molar-refractivity contribution in [3.63, 3.8) is 0 Å². The fourth-order valence-corrected chi connectivity index (χ4v) is 6.86. The second-order valence-corrected chi connectivity index (χ2v) is 11.7. The summed E-state index contributed by atoms with van der Waals surface area (Å²) in [6.07, 6.45) is 2.02. The van der Waals surface area contributed by atoms with Gasteiger partial charge in [0.05, 0.1) is 25.7 Å². The lowest BCUT2D eigenvalue weighted by Gasteiger charge is -2.40. The van der Waals surface area contributed by atoms with E-state index in [-0.39, 0.29) is 30.5 Å². The maximum Gasteiger partial charge on any atom is 0.330 e. The van der Waals surface area contributed by atoms with Gasteiger partial charge in [-0.25, -0.2) is 9.46 Å². The molecule has 2 aliphatic heterocycles. The predicted molar refractivity (Wildman–Crippen MR) is 126 cm³/mol. The Bertz CT molecular complexity index is 1050. The molecule has 2 unspecified atom stereocenters. The second-order valence-electron chi connectivity index (χ2n) is 10.3. The molecule has 0 aromatic carbocycles. The Kier molecular flexibility index (Phi) is 7.09. The Hall–Kier alpha value is -1.60. The number of aromatic nitrogens is 2. The van der Waals surface area contributed by atoms with Crippen molar-refractivity contribution in [1.82, 2.24) is 14.2 Å². The molecule has 3 fully saturated rings. The SMILES string of the molecule is Cc1cn([C@@H]2O[C@@]3(C4(C)CC4)COC2[C@H]3OP(OCCC#N)N(C(C)C)C(C)C)c(=O)[nH]c1=O. The minimum absolute atomic E-state index is 0.143. The minimum Gasteiger partial charge on any atom is -0.367 e. The molecule has 11 heteroatoms. The first-order valence-electron chi connectivity index (χ1n) is 11.9. The van der Waals surface area contributed by atoms with Crippen molar-refractivity contribution in [1.29, 1.82) is 5.26 Å². The largest absolute Gasteiger partial charge is 0.367 e. The van der Waals surface area contributed by atoms with Crippen molar-refractivity contribution in [3.8, 4) is 6.07 Å². The highest BCUT2D eigenvalue weighted by molar-refractivity contribution is 7.44. The molecule has 34 heavy (non-hydrogen) atoms. The van der Waals surface area contributed by atoms with E-state index < -0.39 is 43.8 Å². The van der Waals surface area contributed by atoms with Gasteiger partial charge in [-0.2, -0.15) is 5.26 Å². The molecule has 188 valence electrons. The summed E-state index contributed by atoms with van der Waals surface area (Å²) in [5.74, 6) is 0. The average molecular weight is 495 g/mol. The maximum atomic E-state index is 12.7. The average Bonchev–Trinajstić information content (AvgIpc) is 3.33. The summed E-state index contributed by atoms with van der Waals surface area (Å²) < 4.78 is 29.4. The standard InChI is InChI=1S/C23H35N4O6P/c1-14(2)27(15(3)4)34(31-11-7-10-24)33-18-17-20(26-12-16(5)19(28)25-21(26)29)32-23(18,13-30-17)22(6)8-9-22/h12,14-15,17-18,20H,7-9,11,13H2,1-6H3,(H,25,28,29)/t17?,18-,20-,23+,34?/m1/s1. The zero-order chi connectivity index (χ0) is 24.8. The van der Waals surface area contributed by atoms with Crippen LogP contribution in [0.2, 0.25) is 0 Å². The van der Waals surface area contributed by atoms with E-state index in [2.05, 4.69) is 50.3 Å². The third-order valence-electron chi connectivity index (χ3n) is 7.17. The van der Waals surface area contributed by atoms with Crippen LogP contribution in [0.3, 0.4) is 0 Å². The number of ether oxygens (including phenoxy) is 2. The van der Waals surface area contributed by atoms with Crippen molar-refractivity contribution in [2.24, 2.45) is 5.41 Å². The van der Waals surface area contributed by atoms with Crippen molar-refractivity contribution < 1.29 is 18.5 Å². The van der Waals surface area contributed by atoms with E-state index in [1.807, 2.05) is 0 Å². The van der Waals surface area contributed by atoms with Crippen LogP contribution in [-0.2, 0) is 18.5 Å². The molecule has 10 nitrogen and oxygen atoms in total. The maximum absolute atomic E-state index is 12.7. The minimum atomic E-state index is -1.52. The van der Waals surface area contributed by atoms with Crippen LogP contribution in [0.4, 0.5) is 0 Å². The number of fused-ring (bicyclic) bond motifs is 2. The number of rotatable bonds is 10. The molecule has 4 rings (SSSR count). The molecule has 2 saturated heterocycles. The quantitative estimate of drug-likeness (QED) is 0.390. The Labute approximate surface area is 201 Å². The number of hydrogen-bond acceptors (Lipinski definition) is 8. The van der Waals surface area contributed by atoms with E-state index in [0.717, 1.165) is 12.8 Å². The summed E-state index contributed by atoms with van der Waals surface area (Å²) in [6.45, 7) is 12.8. The second kappa shape index (κ2) is 9.45. The molecule has 1 aromatic heterocycles. The molecule has 3 heterocycles. The van der Waals surface area contributed by atoms with Crippen LogP contribution in [0.25, 0.3) is 0 Å². The van der Waals surface area contributed by atoms with Gasteiger partial charge in [0.2, 0.25) is 0 Å². The van der Waals surface area contributed by atoms with E-state index in [4.69, 9.17) is 23.8 Å². The molecule has 3 aliphatic rings. The zero-order valence-corrected chi connectivity index (χ0v) is 21.6. The molecule has 1 aromatic rings. The Balaban J connectivity index is 1.70. The number of H-pyrrole nitrogens is 1. The molecule has 2 bridgehead atoms. The molecule has 1 saturated carbocycles. The normalized spacial score (nSPS) is 30.3. The lowest BCUT2D eigenvalue weighted by Crippen LogP contribution is -2.49. The molecule has 0 radical (unpaired) electrons.